The molecule has 1 N–H and O–H groups in total. The molecule has 136 valence electrons. The minimum atomic E-state index is -2.57. The fourth-order valence-electron chi connectivity index (χ4n) is 2.74. The van der Waals surface area contributed by atoms with Crippen molar-refractivity contribution in [2.24, 2.45) is 0 Å². The summed E-state index contributed by atoms with van der Waals surface area (Å²) < 4.78 is 30.3. The SMILES string of the molecule is Cc1nc(Cc2cnc(OCC(F)F)c(-c3cccc(Cl)c3)c2)c(C)[nH]1. The van der Waals surface area contributed by atoms with E-state index in [0.717, 1.165) is 28.3 Å². The molecule has 0 aliphatic heterocycles. The Morgan fingerprint density at radius 1 is 1.23 bits per heavy atom. The Bertz CT molecular complexity index is 912. The van der Waals surface area contributed by atoms with E-state index in [1.165, 1.54) is 0 Å². The van der Waals surface area contributed by atoms with Gasteiger partial charge >= 0.3 is 0 Å². The standard InChI is InChI=1S/C19H18ClF2N3O/c1-11-17(25-12(2)24-11)7-13-6-16(14-4-3-5-15(20)8-14)19(23-9-13)26-10-18(21)22/h3-6,8-9,18H,7,10H2,1-2H3,(H,24,25). The average Bonchev–Trinajstić information content (AvgIpc) is 2.90. The van der Waals surface area contributed by atoms with Crippen molar-refractivity contribution in [3.8, 4) is 17.0 Å². The van der Waals surface area contributed by atoms with Crippen molar-refractivity contribution in [2.75, 3.05) is 6.61 Å². The van der Waals surface area contributed by atoms with Gasteiger partial charge in [0.25, 0.3) is 6.43 Å². The lowest BCUT2D eigenvalue weighted by Crippen LogP contribution is -2.09. The van der Waals surface area contributed by atoms with Gasteiger partial charge < -0.3 is 9.72 Å². The van der Waals surface area contributed by atoms with E-state index in [2.05, 4.69) is 15.0 Å². The quantitative estimate of drug-likeness (QED) is 0.659. The number of aryl methyl sites for hydroxylation is 2. The molecule has 0 spiro atoms. The van der Waals surface area contributed by atoms with Crippen LogP contribution in [0.15, 0.2) is 36.5 Å². The third-order valence-corrected chi connectivity index (χ3v) is 4.10. The number of ether oxygens (including phenoxy) is 1. The molecule has 0 saturated heterocycles. The number of imidazole rings is 1. The highest BCUT2D eigenvalue weighted by molar-refractivity contribution is 6.30. The van der Waals surface area contributed by atoms with Crippen molar-refractivity contribution >= 4 is 11.6 Å². The summed E-state index contributed by atoms with van der Waals surface area (Å²) in [7, 11) is 0. The van der Waals surface area contributed by atoms with Gasteiger partial charge in [-0.2, -0.15) is 0 Å². The van der Waals surface area contributed by atoms with Crippen molar-refractivity contribution in [2.45, 2.75) is 26.7 Å². The zero-order valence-electron chi connectivity index (χ0n) is 14.4. The highest BCUT2D eigenvalue weighted by Gasteiger charge is 2.14. The Balaban J connectivity index is 1.98. The first-order valence-corrected chi connectivity index (χ1v) is 8.48. The molecule has 3 aromatic rings. The Kier molecular flexibility index (Phi) is 5.52. The van der Waals surface area contributed by atoms with Crippen LogP contribution in [0.1, 0.15) is 22.8 Å². The maximum absolute atomic E-state index is 12.5. The van der Waals surface area contributed by atoms with Crippen molar-refractivity contribution in [3.05, 3.63) is 64.3 Å². The third kappa shape index (κ3) is 4.38. The summed E-state index contributed by atoms with van der Waals surface area (Å²) in [6.07, 6.45) is -0.372. The molecule has 0 saturated carbocycles. The predicted octanol–water partition coefficient (Wildman–Crippen LogP) is 4.98. The number of aromatic nitrogens is 3. The lowest BCUT2D eigenvalue weighted by molar-refractivity contribution is 0.0799. The van der Waals surface area contributed by atoms with Crippen LogP contribution in [0.2, 0.25) is 5.02 Å². The fraction of sp³-hybridized carbons (Fsp3) is 0.263. The van der Waals surface area contributed by atoms with Crippen molar-refractivity contribution < 1.29 is 13.5 Å². The first-order valence-electron chi connectivity index (χ1n) is 8.10. The number of pyridine rings is 1. The molecule has 7 heteroatoms. The van der Waals surface area contributed by atoms with E-state index in [-0.39, 0.29) is 5.88 Å². The van der Waals surface area contributed by atoms with Gasteiger partial charge in [-0.15, -0.1) is 0 Å². The van der Waals surface area contributed by atoms with E-state index in [1.54, 1.807) is 24.4 Å². The van der Waals surface area contributed by atoms with Crippen LogP contribution in [0, 0.1) is 13.8 Å². The van der Waals surface area contributed by atoms with Crippen LogP contribution in [-0.2, 0) is 6.42 Å². The zero-order valence-corrected chi connectivity index (χ0v) is 15.1. The van der Waals surface area contributed by atoms with E-state index in [4.69, 9.17) is 16.3 Å². The maximum atomic E-state index is 12.5. The first kappa shape index (κ1) is 18.3. The van der Waals surface area contributed by atoms with Crippen LogP contribution in [-0.4, -0.2) is 28.0 Å². The van der Waals surface area contributed by atoms with Gasteiger partial charge in [0.1, 0.15) is 5.82 Å². The van der Waals surface area contributed by atoms with Gasteiger partial charge in [-0.05, 0) is 43.2 Å². The monoisotopic (exact) mass is 377 g/mol. The van der Waals surface area contributed by atoms with Crippen LogP contribution in [0.25, 0.3) is 11.1 Å². The van der Waals surface area contributed by atoms with Gasteiger partial charge in [0, 0.05) is 28.9 Å². The van der Waals surface area contributed by atoms with Crippen LogP contribution in [0.3, 0.4) is 0 Å². The van der Waals surface area contributed by atoms with E-state index in [9.17, 15) is 8.78 Å². The number of alkyl halides is 2. The number of halogens is 3. The number of nitrogens with one attached hydrogen (secondary N) is 1. The van der Waals surface area contributed by atoms with Gasteiger partial charge in [0.2, 0.25) is 5.88 Å². The molecule has 0 atom stereocenters. The van der Waals surface area contributed by atoms with Gasteiger partial charge in [0.15, 0.2) is 6.61 Å². The number of H-pyrrole nitrogens is 1. The van der Waals surface area contributed by atoms with Crippen LogP contribution < -0.4 is 4.74 Å². The highest BCUT2D eigenvalue weighted by Crippen LogP contribution is 2.31. The van der Waals surface area contributed by atoms with Crippen molar-refractivity contribution in [3.63, 3.8) is 0 Å². The Morgan fingerprint density at radius 2 is 2.04 bits per heavy atom. The smallest absolute Gasteiger partial charge is 0.272 e. The molecule has 0 aliphatic rings. The molecule has 2 aromatic heterocycles. The Hall–Kier alpha value is -2.47. The molecule has 4 nitrogen and oxygen atoms in total. The fourth-order valence-corrected chi connectivity index (χ4v) is 2.93. The molecular weight excluding hydrogens is 360 g/mol. The Labute approximate surface area is 155 Å². The molecular formula is C19H18ClF2N3O. The zero-order chi connectivity index (χ0) is 18.7. The van der Waals surface area contributed by atoms with Crippen LogP contribution >= 0.6 is 11.6 Å². The molecule has 0 amide bonds. The molecule has 0 unspecified atom stereocenters. The largest absolute Gasteiger partial charge is 0.471 e. The summed E-state index contributed by atoms with van der Waals surface area (Å²) >= 11 is 6.07. The van der Waals surface area contributed by atoms with E-state index in [1.807, 2.05) is 26.0 Å². The number of aromatic amines is 1. The molecule has 2 heterocycles. The van der Waals surface area contributed by atoms with Crippen LogP contribution in [0.5, 0.6) is 5.88 Å². The molecule has 0 fully saturated rings. The van der Waals surface area contributed by atoms with E-state index in [0.29, 0.717) is 17.0 Å². The number of hydrogen-bond donors (Lipinski definition) is 1. The normalized spacial score (nSPS) is 11.2. The predicted molar refractivity (Wildman–Crippen MR) is 97.0 cm³/mol. The second kappa shape index (κ2) is 7.83. The minimum absolute atomic E-state index is 0.159. The van der Waals surface area contributed by atoms with E-state index < -0.39 is 13.0 Å². The Morgan fingerprint density at radius 3 is 2.69 bits per heavy atom. The number of rotatable bonds is 6. The van der Waals surface area contributed by atoms with Gasteiger partial charge in [-0.1, -0.05) is 23.7 Å². The van der Waals surface area contributed by atoms with Crippen molar-refractivity contribution in [1.82, 2.24) is 15.0 Å². The maximum Gasteiger partial charge on any atom is 0.272 e. The summed E-state index contributed by atoms with van der Waals surface area (Å²) in [5, 5.41) is 0.548. The number of benzene rings is 1. The van der Waals surface area contributed by atoms with Gasteiger partial charge in [0.05, 0.1) is 5.69 Å². The second-order valence-electron chi connectivity index (χ2n) is 5.98. The van der Waals surface area contributed by atoms with Gasteiger partial charge in [-0.3, -0.25) is 0 Å². The molecule has 0 aliphatic carbocycles. The lowest BCUT2D eigenvalue weighted by Gasteiger charge is -2.12. The lowest BCUT2D eigenvalue weighted by atomic mass is 10.0. The van der Waals surface area contributed by atoms with E-state index >= 15 is 0 Å². The molecule has 0 bridgehead atoms. The first-order chi connectivity index (χ1) is 12.4. The number of nitrogens with zero attached hydrogens (tertiary/aromatic N) is 2. The van der Waals surface area contributed by atoms with Crippen molar-refractivity contribution in [1.29, 1.82) is 0 Å². The summed E-state index contributed by atoms with van der Waals surface area (Å²) in [6, 6.07) is 9.01. The average molecular weight is 378 g/mol. The summed E-state index contributed by atoms with van der Waals surface area (Å²) in [5.41, 5.74) is 4.19. The summed E-state index contributed by atoms with van der Waals surface area (Å²) in [4.78, 5) is 11.9. The molecule has 0 radical (unpaired) electrons. The second-order valence-corrected chi connectivity index (χ2v) is 6.42. The molecule has 1 aromatic carbocycles. The number of hydrogen-bond acceptors (Lipinski definition) is 3. The third-order valence-electron chi connectivity index (χ3n) is 3.86. The van der Waals surface area contributed by atoms with Crippen LogP contribution in [0.4, 0.5) is 8.78 Å². The minimum Gasteiger partial charge on any atom is -0.471 e. The molecule has 3 rings (SSSR count). The molecule has 26 heavy (non-hydrogen) atoms. The van der Waals surface area contributed by atoms with Gasteiger partial charge in [-0.25, -0.2) is 18.7 Å². The summed E-state index contributed by atoms with van der Waals surface area (Å²) in [5.74, 6) is 1.00. The highest BCUT2D eigenvalue weighted by atomic mass is 35.5. The summed E-state index contributed by atoms with van der Waals surface area (Å²) in [6.45, 7) is 3.14. The topological polar surface area (TPSA) is 50.8 Å².